The van der Waals surface area contributed by atoms with E-state index in [1.807, 2.05) is 28.9 Å². The van der Waals surface area contributed by atoms with Crippen LogP contribution in [0, 0.1) is 0 Å². The number of nitrogens with zero attached hydrogens (tertiary/aromatic N) is 2. The zero-order chi connectivity index (χ0) is 14.8. The predicted molar refractivity (Wildman–Crippen MR) is 88.6 cm³/mol. The summed E-state index contributed by atoms with van der Waals surface area (Å²) in [6.07, 6.45) is 4.92. The van der Waals surface area contributed by atoms with E-state index in [-0.39, 0.29) is 0 Å². The first kappa shape index (κ1) is 15.2. The summed E-state index contributed by atoms with van der Waals surface area (Å²) in [5, 5.41) is 6.13. The van der Waals surface area contributed by atoms with Crippen LogP contribution in [0.25, 0.3) is 0 Å². The Bertz CT molecular complexity index is 630. The molecule has 0 spiro atoms. The number of aromatic nitrogens is 2. The number of hydrogen-bond acceptors (Lipinski definition) is 1. The molecule has 1 aromatic carbocycles. The van der Waals surface area contributed by atoms with Crippen LogP contribution in [-0.4, -0.2) is 9.78 Å². The second-order valence-corrected chi connectivity index (χ2v) is 6.62. The Hall–Kier alpha value is -0.700. The summed E-state index contributed by atoms with van der Waals surface area (Å²) < 4.78 is 1.85. The molecular formula is C16H17Cl3N2. The molecule has 0 aliphatic heterocycles. The fraction of sp³-hybridized carbons (Fsp3) is 0.438. The lowest BCUT2D eigenvalue weighted by atomic mass is 10.0. The third-order valence-electron chi connectivity index (χ3n) is 4.11. The highest BCUT2D eigenvalue weighted by atomic mass is 35.5. The number of benzene rings is 1. The molecular weight excluding hydrogens is 327 g/mol. The van der Waals surface area contributed by atoms with Gasteiger partial charge in [0.05, 0.1) is 18.1 Å². The maximum Gasteiger partial charge on any atom is 0.132 e. The Morgan fingerprint density at radius 3 is 2.62 bits per heavy atom. The van der Waals surface area contributed by atoms with Crippen LogP contribution < -0.4 is 0 Å². The lowest BCUT2D eigenvalue weighted by Gasteiger charge is -2.06. The van der Waals surface area contributed by atoms with Crippen LogP contribution in [0.2, 0.25) is 10.2 Å². The minimum atomic E-state index is 0.417. The quantitative estimate of drug-likeness (QED) is 0.657. The lowest BCUT2D eigenvalue weighted by molar-refractivity contribution is 0.628. The smallest absolute Gasteiger partial charge is 0.132 e. The van der Waals surface area contributed by atoms with Crippen LogP contribution in [0.4, 0.5) is 0 Å². The van der Waals surface area contributed by atoms with E-state index in [0.717, 1.165) is 21.8 Å². The van der Waals surface area contributed by atoms with Gasteiger partial charge in [0.2, 0.25) is 0 Å². The first-order valence-electron chi connectivity index (χ1n) is 7.24. The molecule has 0 N–H and O–H groups in total. The molecule has 0 bridgehead atoms. The largest absolute Gasteiger partial charge is 0.249 e. The van der Waals surface area contributed by atoms with Crippen molar-refractivity contribution < 1.29 is 0 Å². The molecule has 0 atom stereocenters. The van der Waals surface area contributed by atoms with Crippen molar-refractivity contribution in [3.8, 4) is 0 Å². The number of halogens is 3. The highest BCUT2D eigenvalue weighted by molar-refractivity contribution is 6.31. The maximum atomic E-state index is 6.48. The van der Waals surface area contributed by atoms with E-state index in [1.165, 1.54) is 25.7 Å². The van der Waals surface area contributed by atoms with Gasteiger partial charge in [0.25, 0.3) is 0 Å². The Balaban J connectivity index is 1.91. The molecule has 21 heavy (non-hydrogen) atoms. The van der Waals surface area contributed by atoms with Crippen molar-refractivity contribution >= 4 is 34.8 Å². The summed E-state index contributed by atoms with van der Waals surface area (Å²) in [4.78, 5) is 0. The van der Waals surface area contributed by atoms with Gasteiger partial charge in [-0.25, -0.2) is 4.68 Å². The van der Waals surface area contributed by atoms with Crippen molar-refractivity contribution in [3.05, 3.63) is 51.3 Å². The average molecular weight is 344 g/mol. The van der Waals surface area contributed by atoms with Gasteiger partial charge in [-0.05, 0) is 30.5 Å². The molecule has 1 aliphatic rings. The summed E-state index contributed by atoms with van der Waals surface area (Å²) >= 11 is 18.6. The molecule has 112 valence electrons. The molecule has 0 amide bonds. The van der Waals surface area contributed by atoms with E-state index in [0.29, 0.717) is 23.5 Å². The van der Waals surface area contributed by atoms with Gasteiger partial charge < -0.3 is 0 Å². The van der Waals surface area contributed by atoms with E-state index in [1.54, 1.807) is 0 Å². The topological polar surface area (TPSA) is 17.8 Å². The normalized spacial score (nSPS) is 15.8. The summed E-state index contributed by atoms with van der Waals surface area (Å²) in [5.74, 6) is 0.928. The van der Waals surface area contributed by atoms with Crippen molar-refractivity contribution in [3.63, 3.8) is 0 Å². The van der Waals surface area contributed by atoms with Crippen LogP contribution in [0.5, 0.6) is 0 Å². The van der Waals surface area contributed by atoms with Gasteiger partial charge in [0.1, 0.15) is 5.15 Å². The molecule has 1 fully saturated rings. The van der Waals surface area contributed by atoms with Gasteiger partial charge in [-0.1, -0.05) is 48.2 Å². The highest BCUT2D eigenvalue weighted by Gasteiger charge is 2.25. The third-order valence-corrected chi connectivity index (χ3v) is 5.04. The summed E-state index contributed by atoms with van der Waals surface area (Å²) in [6, 6.07) is 7.77. The highest BCUT2D eigenvalue weighted by Crippen LogP contribution is 2.38. The summed E-state index contributed by atoms with van der Waals surface area (Å²) in [7, 11) is 0. The minimum Gasteiger partial charge on any atom is -0.249 e. The number of rotatable bonds is 4. The fourth-order valence-electron chi connectivity index (χ4n) is 3.06. The monoisotopic (exact) mass is 342 g/mol. The Morgan fingerprint density at radius 2 is 1.95 bits per heavy atom. The van der Waals surface area contributed by atoms with Crippen molar-refractivity contribution in [1.29, 1.82) is 0 Å². The second-order valence-electron chi connectivity index (χ2n) is 5.56. The fourth-order valence-corrected chi connectivity index (χ4v) is 3.87. The van der Waals surface area contributed by atoms with E-state index in [4.69, 9.17) is 39.9 Å². The lowest BCUT2D eigenvalue weighted by Crippen LogP contribution is -2.03. The van der Waals surface area contributed by atoms with E-state index in [2.05, 4.69) is 0 Å². The zero-order valence-electron chi connectivity index (χ0n) is 11.7. The maximum absolute atomic E-state index is 6.48. The van der Waals surface area contributed by atoms with Crippen LogP contribution in [0.15, 0.2) is 24.3 Å². The molecule has 1 saturated carbocycles. The molecule has 2 nitrogen and oxygen atoms in total. The summed E-state index contributed by atoms with van der Waals surface area (Å²) in [6.45, 7) is 0.621. The first-order valence-corrected chi connectivity index (χ1v) is 8.53. The van der Waals surface area contributed by atoms with Crippen LogP contribution in [-0.2, 0) is 12.4 Å². The molecule has 1 heterocycles. The van der Waals surface area contributed by atoms with Gasteiger partial charge in [-0.3, -0.25) is 0 Å². The van der Waals surface area contributed by atoms with Crippen molar-refractivity contribution in [2.75, 3.05) is 0 Å². The molecule has 1 aromatic heterocycles. The summed E-state index contributed by atoms with van der Waals surface area (Å²) in [5.41, 5.74) is 3.17. The first-order chi connectivity index (χ1) is 10.2. The SMILES string of the molecule is ClCc1c(C2CCCC2)nn(Cc2cccc(Cl)c2)c1Cl. The van der Waals surface area contributed by atoms with Gasteiger partial charge in [-0.2, -0.15) is 5.10 Å². The van der Waals surface area contributed by atoms with E-state index < -0.39 is 0 Å². The van der Waals surface area contributed by atoms with Crippen molar-refractivity contribution in [2.24, 2.45) is 0 Å². The molecule has 1 aliphatic carbocycles. The molecule has 0 saturated heterocycles. The molecule has 3 rings (SSSR count). The number of alkyl halides is 1. The predicted octanol–water partition coefficient (Wildman–Crippen LogP) is 5.63. The van der Waals surface area contributed by atoms with Crippen LogP contribution in [0.3, 0.4) is 0 Å². The van der Waals surface area contributed by atoms with Crippen molar-refractivity contribution in [1.82, 2.24) is 9.78 Å². The number of hydrogen-bond donors (Lipinski definition) is 0. The van der Waals surface area contributed by atoms with Crippen LogP contribution in [0.1, 0.15) is 48.4 Å². The van der Waals surface area contributed by atoms with Gasteiger partial charge in [0.15, 0.2) is 0 Å². The molecule has 5 heteroatoms. The Morgan fingerprint density at radius 1 is 1.19 bits per heavy atom. The second kappa shape index (κ2) is 6.60. The third kappa shape index (κ3) is 3.23. The Labute approximate surface area is 140 Å². The minimum absolute atomic E-state index is 0.417. The van der Waals surface area contributed by atoms with Gasteiger partial charge in [-0.15, -0.1) is 11.6 Å². The van der Waals surface area contributed by atoms with Crippen molar-refractivity contribution in [2.45, 2.75) is 44.0 Å². The van der Waals surface area contributed by atoms with Gasteiger partial charge >= 0.3 is 0 Å². The molecule has 0 radical (unpaired) electrons. The Kier molecular flexibility index (Phi) is 4.78. The molecule has 2 aromatic rings. The van der Waals surface area contributed by atoms with E-state index in [9.17, 15) is 0 Å². The van der Waals surface area contributed by atoms with Crippen LogP contribution >= 0.6 is 34.8 Å². The van der Waals surface area contributed by atoms with Gasteiger partial charge in [0, 0.05) is 16.5 Å². The standard InChI is InChI=1S/C16H17Cl3N2/c17-9-14-15(12-5-1-2-6-12)20-21(16(14)19)10-11-4-3-7-13(18)8-11/h3-4,7-8,12H,1-2,5-6,9-10H2. The average Bonchev–Trinajstić information content (AvgIpc) is 3.08. The van der Waals surface area contributed by atoms with E-state index >= 15 is 0 Å². The zero-order valence-corrected chi connectivity index (χ0v) is 13.9. The molecule has 0 unspecified atom stereocenters.